The second-order valence-corrected chi connectivity index (χ2v) is 8.36. The molecule has 1 heterocycles. The molecule has 3 aromatic rings. The number of nitrogens with one attached hydrogen (secondary N) is 1. The smallest absolute Gasteiger partial charge is 0.255 e. The molecule has 3 aromatic carbocycles. The first kappa shape index (κ1) is 18.1. The molecule has 5 nitrogen and oxygen atoms in total. The zero-order chi connectivity index (χ0) is 20.1. The Morgan fingerprint density at radius 3 is 2.39 bits per heavy atom. The van der Waals surface area contributed by atoms with E-state index in [0.29, 0.717) is 5.56 Å². The highest BCUT2D eigenvalue weighted by molar-refractivity contribution is 7.91. The van der Waals surface area contributed by atoms with Gasteiger partial charge < -0.3 is 5.32 Å². The highest BCUT2D eigenvalue weighted by Crippen LogP contribution is 2.34. The van der Waals surface area contributed by atoms with E-state index in [9.17, 15) is 22.4 Å². The van der Waals surface area contributed by atoms with Gasteiger partial charge in [0.2, 0.25) is 9.84 Å². The monoisotopic (exact) mass is 395 g/mol. The van der Waals surface area contributed by atoms with Crippen molar-refractivity contribution in [1.29, 1.82) is 0 Å². The summed E-state index contributed by atoms with van der Waals surface area (Å²) in [5, 5.41) is 2.42. The first-order valence-electron chi connectivity index (χ1n) is 8.39. The van der Waals surface area contributed by atoms with Crippen molar-refractivity contribution in [3.05, 3.63) is 88.7 Å². The first-order chi connectivity index (χ1) is 13.3. The molecule has 0 saturated carbocycles. The summed E-state index contributed by atoms with van der Waals surface area (Å²) in [6, 6.07) is 14.1. The van der Waals surface area contributed by atoms with Gasteiger partial charge in [-0.15, -0.1) is 0 Å². The van der Waals surface area contributed by atoms with Crippen LogP contribution >= 0.6 is 0 Å². The molecule has 0 aromatic heterocycles. The average molecular weight is 395 g/mol. The van der Waals surface area contributed by atoms with Crippen molar-refractivity contribution in [2.24, 2.45) is 0 Å². The second kappa shape index (κ2) is 6.38. The van der Waals surface area contributed by atoms with Crippen LogP contribution in [0.15, 0.2) is 70.5 Å². The van der Waals surface area contributed by atoms with E-state index in [2.05, 4.69) is 5.32 Å². The van der Waals surface area contributed by atoms with E-state index >= 15 is 0 Å². The van der Waals surface area contributed by atoms with Crippen molar-refractivity contribution in [1.82, 2.24) is 0 Å². The van der Waals surface area contributed by atoms with Crippen molar-refractivity contribution in [2.75, 3.05) is 5.32 Å². The van der Waals surface area contributed by atoms with Gasteiger partial charge in [0, 0.05) is 16.7 Å². The summed E-state index contributed by atoms with van der Waals surface area (Å²) >= 11 is 0. The Hall–Kier alpha value is -3.32. The summed E-state index contributed by atoms with van der Waals surface area (Å²) in [6.45, 7) is 1.72. The summed E-state index contributed by atoms with van der Waals surface area (Å²) in [4.78, 5) is 24.8. The van der Waals surface area contributed by atoms with E-state index in [-0.39, 0.29) is 32.2 Å². The summed E-state index contributed by atoms with van der Waals surface area (Å²) in [7, 11) is -3.95. The van der Waals surface area contributed by atoms with Gasteiger partial charge in [-0.3, -0.25) is 9.59 Å². The maximum absolute atomic E-state index is 14.0. The molecule has 4 rings (SSSR count). The zero-order valence-electron chi connectivity index (χ0n) is 14.7. The predicted molar refractivity (Wildman–Crippen MR) is 101 cm³/mol. The van der Waals surface area contributed by atoms with Crippen LogP contribution in [-0.4, -0.2) is 20.1 Å². The largest absolute Gasteiger partial charge is 0.319 e. The molecule has 0 fully saturated rings. The number of hydrogen-bond acceptors (Lipinski definition) is 4. The topological polar surface area (TPSA) is 80.3 Å². The SMILES string of the molecule is Cc1ccc(NC(=O)c2ccc3c(c2)S(=O)(=O)c2ccccc2C3=O)c(F)c1. The molecular weight excluding hydrogens is 381 g/mol. The average Bonchev–Trinajstić information content (AvgIpc) is 2.68. The Morgan fingerprint density at radius 2 is 1.64 bits per heavy atom. The predicted octanol–water partition coefficient (Wildman–Crippen LogP) is 3.76. The highest BCUT2D eigenvalue weighted by Gasteiger charge is 2.35. The molecule has 1 aliphatic heterocycles. The number of ketones is 1. The fourth-order valence-corrected chi connectivity index (χ4v) is 4.82. The molecule has 0 radical (unpaired) electrons. The molecule has 0 unspecified atom stereocenters. The standard InChI is InChI=1S/C21H14FNO4S/c1-12-6-9-17(16(22)10-12)23-21(25)13-7-8-15-19(11-13)28(26,27)18-5-3-2-4-14(18)20(15)24/h2-11H,1H3,(H,23,25). The minimum atomic E-state index is -3.95. The van der Waals surface area contributed by atoms with E-state index in [0.717, 1.165) is 6.07 Å². The molecule has 7 heteroatoms. The molecule has 0 saturated heterocycles. The summed E-state index contributed by atoms with van der Waals surface area (Å²) in [6.07, 6.45) is 0. The van der Waals surface area contributed by atoms with Gasteiger partial charge in [0.15, 0.2) is 5.78 Å². The van der Waals surface area contributed by atoms with Crippen molar-refractivity contribution in [3.8, 4) is 0 Å². The number of amides is 1. The lowest BCUT2D eigenvalue weighted by molar-refractivity contribution is 0.101. The number of anilines is 1. The Labute approximate surface area is 160 Å². The molecule has 1 N–H and O–H groups in total. The third-order valence-corrected chi connectivity index (χ3v) is 6.42. The normalized spacial score (nSPS) is 14.1. The Morgan fingerprint density at radius 1 is 0.929 bits per heavy atom. The number of sulfone groups is 1. The van der Waals surface area contributed by atoms with E-state index in [1.54, 1.807) is 19.1 Å². The molecule has 0 aliphatic carbocycles. The van der Waals surface area contributed by atoms with Crippen LogP contribution in [0.2, 0.25) is 0 Å². The summed E-state index contributed by atoms with van der Waals surface area (Å²) in [5.74, 6) is -1.69. The van der Waals surface area contributed by atoms with E-state index in [1.807, 2.05) is 0 Å². The lowest BCUT2D eigenvalue weighted by atomic mass is 10.0. The van der Waals surface area contributed by atoms with Crippen LogP contribution in [0.5, 0.6) is 0 Å². The minimum absolute atomic E-state index is 0.00878. The van der Waals surface area contributed by atoms with Crippen molar-refractivity contribution in [3.63, 3.8) is 0 Å². The number of rotatable bonds is 2. The Kier molecular flexibility index (Phi) is 4.12. The molecule has 0 bridgehead atoms. The summed E-state index contributed by atoms with van der Waals surface area (Å²) < 4.78 is 39.8. The number of fused-ring (bicyclic) bond motifs is 2. The lowest BCUT2D eigenvalue weighted by Crippen LogP contribution is -2.21. The van der Waals surface area contributed by atoms with Crippen molar-refractivity contribution in [2.45, 2.75) is 16.7 Å². The number of aryl methyl sites for hydroxylation is 1. The molecule has 140 valence electrons. The molecule has 28 heavy (non-hydrogen) atoms. The Balaban J connectivity index is 1.76. The molecule has 1 amide bonds. The number of halogens is 1. The first-order valence-corrected chi connectivity index (χ1v) is 9.88. The maximum atomic E-state index is 14.0. The number of carbonyl (C=O) groups excluding carboxylic acids is 2. The van der Waals surface area contributed by atoms with Crippen LogP contribution in [0.1, 0.15) is 31.8 Å². The molecular formula is C21H14FNO4S. The van der Waals surface area contributed by atoms with Gasteiger partial charge in [0.1, 0.15) is 5.82 Å². The van der Waals surface area contributed by atoms with E-state index in [4.69, 9.17) is 0 Å². The van der Waals surface area contributed by atoms with Gasteiger partial charge in [-0.25, -0.2) is 12.8 Å². The van der Waals surface area contributed by atoms with Crippen LogP contribution in [0.4, 0.5) is 10.1 Å². The van der Waals surface area contributed by atoms with Crippen LogP contribution in [0.25, 0.3) is 0 Å². The number of benzene rings is 3. The third kappa shape index (κ3) is 2.80. The number of hydrogen-bond donors (Lipinski definition) is 1. The van der Waals surface area contributed by atoms with Crippen LogP contribution in [0, 0.1) is 12.7 Å². The molecule has 0 atom stereocenters. The van der Waals surface area contributed by atoms with Crippen molar-refractivity contribution < 1.29 is 22.4 Å². The van der Waals surface area contributed by atoms with Gasteiger partial charge in [0.25, 0.3) is 5.91 Å². The van der Waals surface area contributed by atoms with Gasteiger partial charge in [0.05, 0.1) is 15.5 Å². The van der Waals surface area contributed by atoms with Gasteiger partial charge in [-0.2, -0.15) is 0 Å². The van der Waals surface area contributed by atoms with Gasteiger partial charge in [-0.1, -0.05) is 18.2 Å². The lowest BCUT2D eigenvalue weighted by Gasteiger charge is -2.19. The fraction of sp³-hybridized carbons (Fsp3) is 0.0476. The maximum Gasteiger partial charge on any atom is 0.255 e. The second-order valence-electron chi connectivity index (χ2n) is 6.48. The number of carbonyl (C=O) groups is 2. The van der Waals surface area contributed by atoms with Crippen LogP contribution in [0.3, 0.4) is 0 Å². The zero-order valence-corrected chi connectivity index (χ0v) is 15.5. The van der Waals surface area contributed by atoms with E-state index in [1.165, 1.54) is 42.5 Å². The minimum Gasteiger partial charge on any atom is -0.319 e. The quantitative estimate of drug-likeness (QED) is 0.560. The molecule has 1 aliphatic rings. The summed E-state index contributed by atoms with van der Waals surface area (Å²) in [5.41, 5.74) is 0.810. The van der Waals surface area contributed by atoms with Crippen molar-refractivity contribution >= 4 is 27.2 Å². The van der Waals surface area contributed by atoms with Gasteiger partial charge in [-0.05, 0) is 55.0 Å². The van der Waals surface area contributed by atoms with E-state index < -0.39 is 27.3 Å². The van der Waals surface area contributed by atoms with Gasteiger partial charge >= 0.3 is 0 Å². The fourth-order valence-electron chi connectivity index (χ4n) is 3.14. The van der Waals surface area contributed by atoms with Crippen LogP contribution in [-0.2, 0) is 9.84 Å². The highest BCUT2D eigenvalue weighted by atomic mass is 32.2. The third-order valence-electron chi connectivity index (χ3n) is 4.57. The van der Waals surface area contributed by atoms with Crippen LogP contribution < -0.4 is 5.32 Å². The molecule has 0 spiro atoms. The Bertz CT molecular complexity index is 1270.